The number of aliphatic carboxylic acids is 1. The monoisotopic (exact) mass is 384 g/mol. The van der Waals surface area contributed by atoms with Gasteiger partial charge in [0.15, 0.2) is 6.04 Å². The van der Waals surface area contributed by atoms with Crippen LogP contribution in [0.1, 0.15) is 18.4 Å². The lowest BCUT2D eigenvalue weighted by atomic mass is 9.98. The van der Waals surface area contributed by atoms with E-state index in [1.165, 1.54) is 11.4 Å². The Bertz CT molecular complexity index is 747. The van der Waals surface area contributed by atoms with E-state index in [1.807, 2.05) is 6.92 Å². The number of carbonyl (C=O) groups excluding carboxylic acids is 1. The molecule has 1 aromatic carbocycles. The van der Waals surface area contributed by atoms with Crippen LogP contribution in [-0.4, -0.2) is 62.6 Å². The van der Waals surface area contributed by atoms with Crippen LogP contribution >= 0.6 is 0 Å². The molecule has 0 saturated carbocycles. The molecule has 0 spiro atoms. The molecule has 1 saturated heterocycles. The highest BCUT2D eigenvalue weighted by atomic mass is 32.2. The van der Waals surface area contributed by atoms with Gasteiger partial charge < -0.3 is 15.2 Å². The van der Waals surface area contributed by atoms with Crippen LogP contribution in [0.3, 0.4) is 0 Å². The maximum Gasteiger partial charge on any atom is 0.328 e. The van der Waals surface area contributed by atoms with Crippen molar-refractivity contribution in [1.29, 1.82) is 0 Å². The number of amides is 1. The minimum atomic E-state index is -3.69. The quantitative estimate of drug-likeness (QED) is 0.712. The fourth-order valence-electron chi connectivity index (χ4n) is 2.86. The number of piperidine rings is 1. The van der Waals surface area contributed by atoms with Gasteiger partial charge in [-0.3, -0.25) is 4.79 Å². The third-order valence-electron chi connectivity index (χ3n) is 4.36. The van der Waals surface area contributed by atoms with Gasteiger partial charge in [0.1, 0.15) is 0 Å². The smallest absolute Gasteiger partial charge is 0.328 e. The fourth-order valence-corrected chi connectivity index (χ4v) is 4.39. The summed E-state index contributed by atoms with van der Waals surface area (Å²) in [6.45, 7) is 2.08. The minimum absolute atomic E-state index is 0.0291. The Hall–Kier alpha value is -1.97. The fraction of sp³-hybridized carbons (Fsp3) is 0.529. The minimum Gasteiger partial charge on any atom is -0.480 e. The maximum absolute atomic E-state index is 12.8. The molecule has 2 unspecified atom stereocenters. The molecular weight excluding hydrogens is 360 g/mol. The summed E-state index contributed by atoms with van der Waals surface area (Å²) in [6.07, 6.45) is 1.04. The van der Waals surface area contributed by atoms with E-state index in [2.05, 4.69) is 5.32 Å². The number of sulfonamides is 1. The van der Waals surface area contributed by atoms with Gasteiger partial charge in [-0.15, -0.1) is 0 Å². The second-order valence-corrected chi connectivity index (χ2v) is 8.31. The molecular formula is C17H24N2O6S. The first-order chi connectivity index (χ1) is 12.3. The van der Waals surface area contributed by atoms with E-state index in [1.54, 1.807) is 24.3 Å². The normalized spacial score (nSPS) is 19.7. The molecule has 0 aromatic heterocycles. The largest absolute Gasteiger partial charge is 0.480 e. The zero-order valence-electron chi connectivity index (χ0n) is 14.8. The van der Waals surface area contributed by atoms with Crippen LogP contribution in [0.15, 0.2) is 29.2 Å². The number of aryl methyl sites for hydroxylation is 1. The SMILES string of the molecule is COCC(NC(=O)C1CCCN(S(=O)(=O)c2ccc(C)cc2)C1)C(=O)O. The van der Waals surface area contributed by atoms with E-state index < -0.39 is 33.9 Å². The third-order valence-corrected chi connectivity index (χ3v) is 6.24. The molecule has 1 fully saturated rings. The van der Waals surface area contributed by atoms with Crippen LogP contribution in [0.25, 0.3) is 0 Å². The summed E-state index contributed by atoms with van der Waals surface area (Å²) in [6, 6.07) is 5.39. The highest BCUT2D eigenvalue weighted by Gasteiger charge is 2.34. The molecule has 1 aliphatic heterocycles. The summed E-state index contributed by atoms with van der Waals surface area (Å²) in [4.78, 5) is 23.7. The number of hydrogen-bond acceptors (Lipinski definition) is 5. The number of nitrogens with one attached hydrogen (secondary N) is 1. The Balaban J connectivity index is 2.09. The van der Waals surface area contributed by atoms with Gasteiger partial charge in [-0.2, -0.15) is 4.31 Å². The lowest BCUT2D eigenvalue weighted by Crippen LogP contribution is -2.50. The maximum atomic E-state index is 12.8. The van der Waals surface area contributed by atoms with Gasteiger partial charge in [0.05, 0.1) is 17.4 Å². The van der Waals surface area contributed by atoms with Crippen LogP contribution in [0.5, 0.6) is 0 Å². The molecule has 1 aliphatic rings. The second kappa shape index (κ2) is 8.61. The number of ether oxygens (including phenoxy) is 1. The molecule has 9 heteroatoms. The van der Waals surface area contributed by atoms with Gasteiger partial charge >= 0.3 is 5.97 Å². The first-order valence-electron chi connectivity index (χ1n) is 8.34. The van der Waals surface area contributed by atoms with Crippen molar-refractivity contribution in [3.8, 4) is 0 Å². The summed E-state index contributed by atoms with van der Waals surface area (Å²) >= 11 is 0. The molecule has 2 rings (SSSR count). The second-order valence-electron chi connectivity index (χ2n) is 6.37. The molecule has 1 heterocycles. The van der Waals surface area contributed by atoms with Crippen molar-refractivity contribution in [1.82, 2.24) is 9.62 Å². The summed E-state index contributed by atoms with van der Waals surface area (Å²) in [5.74, 6) is -2.26. The Kier molecular flexibility index (Phi) is 6.74. The van der Waals surface area contributed by atoms with Crippen molar-refractivity contribution < 1.29 is 27.9 Å². The van der Waals surface area contributed by atoms with Gasteiger partial charge in [0.25, 0.3) is 0 Å². The molecule has 1 amide bonds. The molecule has 2 atom stereocenters. The van der Waals surface area contributed by atoms with Crippen LogP contribution < -0.4 is 5.32 Å². The average molecular weight is 384 g/mol. The molecule has 26 heavy (non-hydrogen) atoms. The number of hydrogen-bond donors (Lipinski definition) is 2. The summed E-state index contributed by atoms with van der Waals surface area (Å²) in [5, 5.41) is 11.5. The number of carboxylic acid groups (broad SMARTS) is 1. The standard InChI is InChI=1S/C17H24N2O6S/c1-12-5-7-14(8-6-12)26(23,24)19-9-3-4-13(10-19)16(20)18-15(11-25-2)17(21)22/h5-8,13,15H,3-4,9-11H2,1-2H3,(H,18,20)(H,21,22). The predicted molar refractivity (Wildman–Crippen MR) is 94.1 cm³/mol. The van der Waals surface area contributed by atoms with Crippen molar-refractivity contribution in [3.05, 3.63) is 29.8 Å². The van der Waals surface area contributed by atoms with E-state index in [-0.39, 0.29) is 18.0 Å². The first-order valence-corrected chi connectivity index (χ1v) is 9.78. The highest BCUT2D eigenvalue weighted by molar-refractivity contribution is 7.89. The summed E-state index contributed by atoms with van der Waals surface area (Å²) in [7, 11) is -2.34. The van der Waals surface area contributed by atoms with Gasteiger partial charge in [-0.25, -0.2) is 13.2 Å². The number of methoxy groups -OCH3 is 1. The molecule has 144 valence electrons. The van der Waals surface area contributed by atoms with Crippen LogP contribution in [-0.2, 0) is 24.3 Å². The van der Waals surface area contributed by atoms with Crippen molar-refractivity contribution in [3.63, 3.8) is 0 Å². The number of benzene rings is 1. The van der Waals surface area contributed by atoms with Gasteiger partial charge in [0, 0.05) is 20.2 Å². The van der Waals surface area contributed by atoms with E-state index in [0.29, 0.717) is 19.4 Å². The Labute approximate surface area is 153 Å². The third kappa shape index (κ3) is 4.80. The average Bonchev–Trinajstić information content (AvgIpc) is 2.61. The van der Waals surface area contributed by atoms with Crippen LogP contribution in [0.4, 0.5) is 0 Å². The molecule has 0 bridgehead atoms. The summed E-state index contributed by atoms with van der Waals surface area (Å²) in [5.41, 5.74) is 0.956. The molecule has 0 aliphatic carbocycles. The van der Waals surface area contributed by atoms with Gasteiger partial charge in [0.2, 0.25) is 15.9 Å². The number of carboxylic acids is 1. The van der Waals surface area contributed by atoms with Crippen LogP contribution in [0.2, 0.25) is 0 Å². The van der Waals surface area contributed by atoms with Crippen molar-refractivity contribution in [2.24, 2.45) is 5.92 Å². The Morgan fingerprint density at radius 2 is 2.00 bits per heavy atom. The van der Waals surface area contributed by atoms with E-state index in [9.17, 15) is 18.0 Å². The van der Waals surface area contributed by atoms with Crippen molar-refractivity contribution in [2.75, 3.05) is 26.8 Å². The Morgan fingerprint density at radius 3 is 2.58 bits per heavy atom. The first kappa shape index (κ1) is 20.3. The van der Waals surface area contributed by atoms with Gasteiger partial charge in [-0.05, 0) is 31.9 Å². The lowest BCUT2D eigenvalue weighted by molar-refractivity contribution is -0.144. The van der Waals surface area contributed by atoms with Crippen molar-refractivity contribution in [2.45, 2.75) is 30.7 Å². The van der Waals surface area contributed by atoms with Gasteiger partial charge in [-0.1, -0.05) is 17.7 Å². The zero-order valence-corrected chi connectivity index (χ0v) is 15.7. The number of nitrogens with zero attached hydrogens (tertiary/aromatic N) is 1. The number of rotatable bonds is 7. The van der Waals surface area contributed by atoms with E-state index in [4.69, 9.17) is 9.84 Å². The number of carbonyl (C=O) groups is 2. The molecule has 1 aromatic rings. The predicted octanol–water partition coefficient (Wildman–Crippen LogP) is 0.612. The van der Waals surface area contributed by atoms with E-state index >= 15 is 0 Å². The molecule has 0 radical (unpaired) electrons. The lowest BCUT2D eigenvalue weighted by Gasteiger charge is -2.31. The molecule has 8 nitrogen and oxygen atoms in total. The highest BCUT2D eigenvalue weighted by Crippen LogP contribution is 2.24. The Morgan fingerprint density at radius 1 is 1.35 bits per heavy atom. The summed E-state index contributed by atoms with van der Waals surface area (Å²) < 4.78 is 31.6. The van der Waals surface area contributed by atoms with Crippen molar-refractivity contribution >= 4 is 21.9 Å². The van der Waals surface area contributed by atoms with Crippen LogP contribution in [0, 0.1) is 12.8 Å². The zero-order chi connectivity index (χ0) is 19.3. The topological polar surface area (TPSA) is 113 Å². The van der Waals surface area contributed by atoms with E-state index in [0.717, 1.165) is 5.56 Å². The molecule has 2 N–H and O–H groups in total.